The van der Waals surface area contributed by atoms with Crippen LogP contribution in [0.25, 0.3) is 0 Å². The highest BCUT2D eigenvalue weighted by Crippen LogP contribution is 2.13. The Labute approximate surface area is 153 Å². The van der Waals surface area contributed by atoms with Crippen molar-refractivity contribution in [2.75, 3.05) is 58.9 Å². The van der Waals surface area contributed by atoms with Gasteiger partial charge in [-0.15, -0.1) is 0 Å². The Morgan fingerprint density at radius 3 is 2.50 bits per heavy atom. The van der Waals surface area contributed by atoms with Crippen LogP contribution in [0.2, 0.25) is 0 Å². The maximum absolute atomic E-state index is 13.9. The van der Waals surface area contributed by atoms with Gasteiger partial charge < -0.3 is 20.0 Å². The Kier molecular flexibility index (Phi) is 6.57. The van der Waals surface area contributed by atoms with Crippen LogP contribution >= 0.6 is 0 Å². The summed E-state index contributed by atoms with van der Waals surface area (Å²) in [6.07, 6.45) is 1.35. The molecule has 0 aliphatic carbocycles. The molecule has 0 aromatic heterocycles. The number of nitrogens with zero attached hydrogens (tertiary/aromatic N) is 3. The lowest BCUT2D eigenvalue weighted by Gasteiger charge is -2.28. The summed E-state index contributed by atoms with van der Waals surface area (Å²) >= 11 is 0. The van der Waals surface area contributed by atoms with Gasteiger partial charge in [-0.3, -0.25) is 9.59 Å². The third-order valence-electron chi connectivity index (χ3n) is 5.09. The number of carbonyl (C=O) groups is 2. The Bertz CT molecular complexity index is 634. The molecule has 0 unspecified atom stereocenters. The molecule has 26 heavy (non-hydrogen) atoms. The zero-order valence-electron chi connectivity index (χ0n) is 15.1. The van der Waals surface area contributed by atoms with Crippen molar-refractivity contribution in [2.45, 2.75) is 12.8 Å². The van der Waals surface area contributed by atoms with E-state index in [0.29, 0.717) is 26.1 Å². The summed E-state index contributed by atoms with van der Waals surface area (Å²) < 4.78 is 13.9. The van der Waals surface area contributed by atoms with E-state index in [-0.39, 0.29) is 17.4 Å². The summed E-state index contributed by atoms with van der Waals surface area (Å²) in [5.41, 5.74) is 0.134. The largest absolute Gasteiger partial charge is 0.340 e. The normalized spacial score (nSPS) is 19.3. The molecule has 1 aromatic carbocycles. The van der Waals surface area contributed by atoms with E-state index in [0.717, 1.165) is 45.7 Å². The third-order valence-corrected chi connectivity index (χ3v) is 5.09. The maximum Gasteiger partial charge on any atom is 0.256 e. The molecule has 2 saturated heterocycles. The molecule has 1 aromatic rings. The first-order valence-corrected chi connectivity index (χ1v) is 9.40. The summed E-state index contributed by atoms with van der Waals surface area (Å²) in [7, 11) is 0. The Morgan fingerprint density at radius 1 is 0.962 bits per heavy atom. The van der Waals surface area contributed by atoms with Gasteiger partial charge in [0.25, 0.3) is 5.91 Å². The summed E-state index contributed by atoms with van der Waals surface area (Å²) in [4.78, 5) is 30.7. The minimum Gasteiger partial charge on any atom is -0.340 e. The number of amides is 2. The summed E-state index contributed by atoms with van der Waals surface area (Å²) in [6.45, 7) is 6.76. The van der Waals surface area contributed by atoms with Gasteiger partial charge in [-0.2, -0.15) is 0 Å². The maximum atomic E-state index is 13.9. The summed E-state index contributed by atoms with van der Waals surface area (Å²) in [6, 6.07) is 6.12. The van der Waals surface area contributed by atoms with Crippen molar-refractivity contribution in [2.24, 2.45) is 0 Å². The molecule has 0 atom stereocenters. The second-order valence-electron chi connectivity index (χ2n) is 6.85. The topological polar surface area (TPSA) is 55.9 Å². The number of piperazine rings is 1. The molecule has 2 heterocycles. The van der Waals surface area contributed by atoms with Crippen LogP contribution in [-0.4, -0.2) is 85.4 Å². The van der Waals surface area contributed by atoms with E-state index < -0.39 is 5.82 Å². The van der Waals surface area contributed by atoms with Gasteiger partial charge in [0.2, 0.25) is 5.91 Å². The van der Waals surface area contributed by atoms with Crippen molar-refractivity contribution in [3.63, 3.8) is 0 Å². The molecule has 0 spiro atoms. The number of carbonyl (C=O) groups excluding carboxylic acids is 2. The number of halogens is 1. The molecule has 7 heteroatoms. The predicted molar refractivity (Wildman–Crippen MR) is 97.4 cm³/mol. The Hall–Kier alpha value is -1.99. The smallest absolute Gasteiger partial charge is 0.256 e. The molecule has 142 valence electrons. The van der Waals surface area contributed by atoms with Crippen LogP contribution in [0.3, 0.4) is 0 Å². The number of nitrogens with one attached hydrogen (secondary N) is 1. The third kappa shape index (κ3) is 4.80. The fraction of sp³-hybridized carbons (Fsp3) is 0.579. The second kappa shape index (κ2) is 9.09. The van der Waals surface area contributed by atoms with Crippen LogP contribution < -0.4 is 5.32 Å². The molecule has 1 N–H and O–H groups in total. The van der Waals surface area contributed by atoms with Gasteiger partial charge in [0, 0.05) is 58.8 Å². The van der Waals surface area contributed by atoms with E-state index in [4.69, 9.17) is 0 Å². The quantitative estimate of drug-likeness (QED) is 0.861. The highest BCUT2D eigenvalue weighted by atomic mass is 19.1. The van der Waals surface area contributed by atoms with E-state index in [2.05, 4.69) is 10.2 Å². The van der Waals surface area contributed by atoms with Crippen LogP contribution in [0.15, 0.2) is 24.3 Å². The lowest BCUT2D eigenvalue weighted by atomic mass is 10.2. The Balaban J connectivity index is 1.48. The zero-order chi connectivity index (χ0) is 18.4. The molecule has 0 saturated carbocycles. The predicted octanol–water partition coefficient (Wildman–Crippen LogP) is 0.796. The average molecular weight is 362 g/mol. The molecule has 2 aliphatic heterocycles. The lowest BCUT2D eigenvalue weighted by molar-refractivity contribution is -0.132. The lowest BCUT2D eigenvalue weighted by Crippen LogP contribution is -2.47. The first-order chi connectivity index (χ1) is 12.6. The molecule has 2 aliphatic rings. The minimum absolute atomic E-state index is 0.134. The number of hydrogen-bond acceptors (Lipinski definition) is 4. The molecular formula is C19H27FN4O2. The minimum atomic E-state index is -0.472. The van der Waals surface area contributed by atoms with Crippen molar-refractivity contribution in [3.8, 4) is 0 Å². The van der Waals surface area contributed by atoms with Gasteiger partial charge in [-0.1, -0.05) is 12.1 Å². The van der Waals surface area contributed by atoms with Gasteiger partial charge in [0.1, 0.15) is 5.82 Å². The monoisotopic (exact) mass is 362 g/mol. The molecule has 0 bridgehead atoms. The highest BCUT2D eigenvalue weighted by molar-refractivity contribution is 5.94. The fourth-order valence-electron chi connectivity index (χ4n) is 3.53. The van der Waals surface area contributed by atoms with Crippen molar-refractivity contribution >= 4 is 11.8 Å². The van der Waals surface area contributed by atoms with Gasteiger partial charge >= 0.3 is 0 Å². The van der Waals surface area contributed by atoms with Crippen molar-refractivity contribution < 1.29 is 14.0 Å². The molecule has 2 fully saturated rings. The van der Waals surface area contributed by atoms with E-state index >= 15 is 0 Å². The molecule has 0 radical (unpaired) electrons. The standard InChI is InChI=1S/C19H27FN4O2/c20-17-5-2-1-4-16(17)19(26)24-10-3-9-22(14-15-24)11-6-18(25)23-12-7-21-8-13-23/h1-2,4-5,21H,3,6-15H2. The molecular weight excluding hydrogens is 335 g/mol. The van der Waals surface area contributed by atoms with Crippen LogP contribution in [0.1, 0.15) is 23.2 Å². The van der Waals surface area contributed by atoms with Crippen molar-refractivity contribution in [3.05, 3.63) is 35.6 Å². The average Bonchev–Trinajstić information content (AvgIpc) is 2.92. The van der Waals surface area contributed by atoms with Crippen molar-refractivity contribution in [1.82, 2.24) is 20.0 Å². The van der Waals surface area contributed by atoms with Gasteiger partial charge in [0.15, 0.2) is 0 Å². The van der Waals surface area contributed by atoms with Gasteiger partial charge in [-0.05, 0) is 25.1 Å². The van der Waals surface area contributed by atoms with Gasteiger partial charge in [0.05, 0.1) is 5.56 Å². The first kappa shape index (κ1) is 18.8. The van der Waals surface area contributed by atoms with E-state index in [9.17, 15) is 14.0 Å². The van der Waals surface area contributed by atoms with Crippen LogP contribution in [-0.2, 0) is 4.79 Å². The SMILES string of the molecule is O=C(CCN1CCCN(C(=O)c2ccccc2F)CC1)N1CCNCC1. The summed E-state index contributed by atoms with van der Waals surface area (Å²) in [5, 5.41) is 3.25. The van der Waals surface area contributed by atoms with Crippen LogP contribution in [0.4, 0.5) is 4.39 Å². The van der Waals surface area contributed by atoms with Crippen LogP contribution in [0.5, 0.6) is 0 Å². The summed E-state index contributed by atoms with van der Waals surface area (Å²) in [5.74, 6) is -0.517. The van der Waals surface area contributed by atoms with Crippen LogP contribution in [0, 0.1) is 5.82 Å². The van der Waals surface area contributed by atoms with Gasteiger partial charge in [-0.25, -0.2) is 4.39 Å². The molecule has 3 rings (SSSR count). The van der Waals surface area contributed by atoms with Crippen molar-refractivity contribution in [1.29, 1.82) is 0 Å². The molecule has 6 nitrogen and oxygen atoms in total. The Morgan fingerprint density at radius 2 is 1.73 bits per heavy atom. The number of benzene rings is 1. The molecule has 2 amide bonds. The first-order valence-electron chi connectivity index (χ1n) is 9.40. The van der Waals surface area contributed by atoms with E-state index in [1.165, 1.54) is 12.1 Å². The highest BCUT2D eigenvalue weighted by Gasteiger charge is 2.23. The number of rotatable bonds is 4. The number of hydrogen-bond donors (Lipinski definition) is 1. The van der Waals surface area contributed by atoms with E-state index in [1.807, 2.05) is 4.90 Å². The fourth-order valence-corrected chi connectivity index (χ4v) is 3.53. The zero-order valence-corrected chi connectivity index (χ0v) is 15.1. The van der Waals surface area contributed by atoms with E-state index in [1.54, 1.807) is 17.0 Å². The second-order valence-corrected chi connectivity index (χ2v) is 6.85.